The lowest BCUT2D eigenvalue weighted by Crippen LogP contribution is -2.12. The van der Waals surface area contributed by atoms with Crippen LogP contribution in [0.25, 0.3) is 11.0 Å². The summed E-state index contributed by atoms with van der Waals surface area (Å²) < 4.78 is 54.2. The molecule has 3 aromatic rings. The largest absolute Gasteiger partial charge is 0.443 e. The van der Waals surface area contributed by atoms with Crippen LogP contribution in [0.15, 0.2) is 58.0 Å². The summed E-state index contributed by atoms with van der Waals surface area (Å²) in [5, 5.41) is 0.529. The Morgan fingerprint density at radius 2 is 1.88 bits per heavy atom. The van der Waals surface area contributed by atoms with E-state index < -0.39 is 21.3 Å². The van der Waals surface area contributed by atoms with E-state index in [1.807, 2.05) is 0 Å². The van der Waals surface area contributed by atoms with Crippen molar-refractivity contribution in [2.45, 2.75) is 5.09 Å². The van der Waals surface area contributed by atoms with Gasteiger partial charge in [-0.15, -0.1) is 0 Å². The van der Waals surface area contributed by atoms with Crippen LogP contribution in [0, 0.1) is 0 Å². The molecule has 0 fully saturated rings. The molecule has 1 aromatic heterocycles. The van der Waals surface area contributed by atoms with E-state index in [1.54, 1.807) is 24.3 Å². The van der Waals surface area contributed by atoms with Gasteiger partial charge in [0.25, 0.3) is 21.3 Å². The average molecular weight is 387 g/mol. The lowest BCUT2D eigenvalue weighted by molar-refractivity contribution is 0.484. The van der Waals surface area contributed by atoms with Crippen LogP contribution in [0.3, 0.4) is 0 Å². The van der Waals surface area contributed by atoms with Crippen LogP contribution >= 0.6 is 11.6 Å². The van der Waals surface area contributed by atoms with Crippen molar-refractivity contribution in [1.82, 2.24) is 0 Å². The van der Waals surface area contributed by atoms with Gasteiger partial charge in [0.2, 0.25) is 5.09 Å². The maximum absolute atomic E-state index is 12.4. The molecule has 3 rings (SSSR count). The van der Waals surface area contributed by atoms with Crippen molar-refractivity contribution in [2.24, 2.45) is 0 Å². The lowest BCUT2D eigenvalue weighted by Gasteiger charge is -2.09. The van der Waals surface area contributed by atoms with Gasteiger partial charge < -0.3 is 4.42 Å². The molecular formula is C14H11ClN2O5S2. The normalized spacial score (nSPS) is 12.9. The van der Waals surface area contributed by atoms with Crippen molar-refractivity contribution < 1.29 is 21.6 Å². The Bertz CT molecular complexity index is 1000. The number of anilines is 2. The zero-order valence-electron chi connectivity index (χ0n) is 11.9. The number of rotatable bonds is 5. The van der Waals surface area contributed by atoms with E-state index in [1.165, 1.54) is 24.3 Å². The van der Waals surface area contributed by atoms with E-state index in [0.717, 1.165) is 0 Å². The Balaban J connectivity index is 1.89. The van der Waals surface area contributed by atoms with Crippen LogP contribution in [0.5, 0.6) is 0 Å². The number of fused-ring (bicyclic) bond motifs is 1. The minimum Gasteiger partial charge on any atom is -0.443 e. The van der Waals surface area contributed by atoms with Crippen molar-refractivity contribution >= 4 is 55.2 Å². The fraction of sp³-hybridized carbons (Fsp3) is 0. The van der Waals surface area contributed by atoms with E-state index in [4.69, 9.17) is 20.6 Å². The van der Waals surface area contributed by atoms with Gasteiger partial charge in [0.1, 0.15) is 5.58 Å². The second kappa shape index (κ2) is 6.44. The number of para-hydroxylation sites is 1. The van der Waals surface area contributed by atoms with Gasteiger partial charge in [0.15, 0.2) is 0 Å². The molecule has 2 aromatic carbocycles. The van der Waals surface area contributed by atoms with Crippen molar-refractivity contribution in [2.75, 3.05) is 9.44 Å². The van der Waals surface area contributed by atoms with Crippen molar-refractivity contribution in [1.29, 1.82) is 0 Å². The first-order valence-electron chi connectivity index (χ1n) is 6.53. The maximum atomic E-state index is 12.4. The maximum Gasteiger partial charge on any atom is 0.295 e. The van der Waals surface area contributed by atoms with Crippen molar-refractivity contribution in [3.05, 3.63) is 53.6 Å². The predicted molar refractivity (Wildman–Crippen MR) is 92.9 cm³/mol. The van der Waals surface area contributed by atoms with E-state index in [9.17, 15) is 12.6 Å². The Labute approximate surface area is 145 Å². The third-order valence-corrected chi connectivity index (χ3v) is 5.03. The highest BCUT2D eigenvalue weighted by molar-refractivity contribution is 7.92. The first-order valence-corrected chi connectivity index (χ1v) is 9.50. The molecule has 0 bridgehead atoms. The molecule has 0 amide bonds. The summed E-state index contributed by atoms with van der Waals surface area (Å²) in [6.45, 7) is 0. The molecule has 3 N–H and O–H groups in total. The quantitative estimate of drug-likeness (QED) is 0.582. The van der Waals surface area contributed by atoms with Crippen LogP contribution in [-0.2, 0) is 21.3 Å². The topological polar surface area (TPSA) is 109 Å². The zero-order chi connectivity index (χ0) is 17.3. The van der Waals surface area contributed by atoms with Gasteiger partial charge in [-0.2, -0.15) is 8.42 Å². The lowest BCUT2D eigenvalue weighted by atomic mass is 10.3. The van der Waals surface area contributed by atoms with Crippen LogP contribution in [0.2, 0.25) is 5.02 Å². The number of furan rings is 1. The van der Waals surface area contributed by atoms with Gasteiger partial charge in [-0.25, -0.2) is 4.21 Å². The molecule has 0 aliphatic heterocycles. The van der Waals surface area contributed by atoms with E-state index in [2.05, 4.69) is 9.44 Å². The fourth-order valence-corrected chi connectivity index (χ4v) is 3.72. The van der Waals surface area contributed by atoms with Crippen molar-refractivity contribution in [3.63, 3.8) is 0 Å². The van der Waals surface area contributed by atoms with E-state index in [-0.39, 0.29) is 21.5 Å². The minimum absolute atomic E-state index is 0.0854. The Hall–Kier alpha value is -2.07. The second-order valence-electron chi connectivity index (χ2n) is 4.75. The van der Waals surface area contributed by atoms with E-state index >= 15 is 0 Å². The van der Waals surface area contributed by atoms with Crippen LogP contribution in [0.1, 0.15) is 0 Å². The fourth-order valence-electron chi connectivity index (χ4n) is 2.05. The molecule has 1 unspecified atom stereocenters. The van der Waals surface area contributed by atoms with Crippen LogP contribution in [-0.4, -0.2) is 17.2 Å². The molecular weight excluding hydrogens is 376 g/mol. The van der Waals surface area contributed by atoms with Crippen LogP contribution < -0.4 is 9.44 Å². The molecule has 1 atom stereocenters. The van der Waals surface area contributed by atoms with E-state index in [0.29, 0.717) is 11.0 Å². The number of hydrogen-bond acceptors (Lipinski definition) is 4. The van der Waals surface area contributed by atoms with Gasteiger partial charge >= 0.3 is 0 Å². The molecule has 0 aliphatic carbocycles. The molecule has 7 nitrogen and oxygen atoms in total. The van der Waals surface area contributed by atoms with Gasteiger partial charge in [-0.05, 0) is 24.3 Å². The average Bonchev–Trinajstić information content (AvgIpc) is 2.94. The summed E-state index contributed by atoms with van der Waals surface area (Å²) in [5.41, 5.74) is 0.847. The zero-order valence-corrected chi connectivity index (χ0v) is 14.3. The molecule has 10 heteroatoms. The summed E-state index contributed by atoms with van der Waals surface area (Å²) in [4.78, 5) is 0. The molecule has 0 radical (unpaired) electrons. The summed E-state index contributed by atoms with van der Waals surface area (Å²) in [6, 6.07) is 12.4. The highest BCUT2D eigenvalue weighted by Gasteiger charge is 2.20. The summed E-state index contributed by atoms with van der Waals surface area (Å²) in [5.74, 6) is 0. The SMILES string of the molecule is O=S(O)Nc1ccc(NS(=O)(=O)c2cc3ccccc3o2)cc1Cl. The molecule has 0 saturated carbocycles. The molecule has 24 heavy (non-hydrogen) atoms. The summed E-state index contributed by atoms with van der Waals surface area (Å²) in [6.07, 6.45) is 0. The first-order chi connectivity index (χ1) is 11.3. The Morgan fingerprint density at radius 3 is 2.54 bits per heavy atom. The molecule has 1 heterocycles. The number of hydrogen-bond donors (Lipinski definition) is 3. The monoisotopic (exact) mass is 386 g/mol. The second-order valence-corrected chi connectivity index (χ2v) is 7.48. The molecule has 126 valence electrons. The minimum atomic E-state index is -3.93. The molecule has 0 spiro atoms. The van der Waals surface area contributed by atoms with Gasteiger partial charge in [0, 0.05) is 11.5 Å². The predicted octanol–water partition coefficient (Wildman–Crippen LogP) is 3.44. The Kier molecular flexibility index (Phi) is 4.50. The smallest absolute Gasteiger partial charge is 0.295 e. The number of sulfonamides is 1. The highest BCUT2D eigenvalue weighted by atomic mass is 35.5. The first kappa shape index (κ1) is 16.8. The van der Waals surface area contributed by atoms with Gasteiger partial charge in [-0.1, -0.05) is 29.8 Å². The third kappa shape index (κ3) is 3.54. The Morgan fingerprint density at radius 1 is 1.12 bits per heavy atom. The van der Waals surface area contributed by atoms with Gasteiger partial charge in [0.05, 0.1) is 16.4 Å². The van der Waals surface area contributed by atoms with Crippen LogP contribution in [0.4, 0.5) is 11.4 Å². The third-order valence-electron chi connectivity index (χ3n) is 3.09. The number of halogens is 1. The number of nitrogens with one attached hydrogen (secondary N) is 2. The highest BCUT2D eigenvalue weighted by Crippen LogP contribution is 2.28. The standard InChI is InChI=1S/C14H11ClN2O5S2/c15-11-8-10(5-6-12(11)16-23(18)19)17-24(20,21)14-7-9-3-1-2-4-13(9)22-14/h1-8,16-17H,(H,18,19). The van der Waals surface area contributed by atoms with Gasteiger partial charge in [-0.3, -0.25) is 14.0 Å². The summed E-state index contributed by atoms with van der Waals surface area (Å²) >= 11 is 3.67. The summed E-state index contributed by atoms with van der Waals surface area (Å²) in [7, 11) is -3.93. The van der Waals surface area contributed by atoms with Crippen molar-refractivity contribution in [3.8, 4) is 0 Å². The number of benzene rings is 2. The molecule has 0 aliphatic rings. The molecule has 0 saturated heterocycles.